The van der Waals surface area contributed by atoms with Gasteiger partial charge in [0.2, 0.25) is 17.7 Å². The lowest BCUT2D eigenvalue weighted by Crippen LogP contribution is -2.60. The minimum Gasteiger partial charge on any atom is -0.481 e. The lowest BCUT2D eigenvalue weighted by atomic mass is 9.67. The van der Waals surface area contributed by atoms with E-state index >= 15 is 0 Å². The number of rotatable bonds is 9. The van der Waals surface area contributed by atoms with Gasteiger partial charge in [0, 0.05) is 49.4 Å². The Labute approximate surface area is 231 Å². The molecule has 2 aromatic rings. The average molecular weight is 539 g/mol. The number of amides is 1. The topological polar surface area (TPSA) is 114 Å². The molecule has 1 amide bonds. The second kappa shape index (κ2) is 11.1. The van der Waals surface area contributed by atoms with Crippen LogP contribution in [0.2, 0.25) is 0 Å². The number of hydrogen-bond donors (Lipinski definition) is 3. The first-order valence-corrected chi connectivity index (χ1v) is 14.0. The number of hydrogen-bond acceptors (Lipinski definition) is 9. The first-order chi connectivity index (χ1) is 18.7. The van der Waals surface area contributed by atoms with Gasteiger partial charge in [0.05, 0.1) is 12.7 Å². The third-order valence-electron chi connectivity index (χ3n) is 9.35. The van der Waals surface area contributed by atoms with Gasteiger partial charge in [-0.25, -0.2) is 4.98 Å². The number of carbonyl (C=O) groups is 1. The molecule has 0 bridgehead atoms. The summed E-state index contributed by atoms with van der Waals surface area (Å²) in [5.41, 5.74) is 0.243. The molecule has 3 aliphatic rings. The van der Waals surface area contributed by atoms with Crippen LogP contribution in [0.15, 0.2) is 42.6 Å². The molecule has 212 valence electrons. The summed E-state index contributed by atoms with van der Waals surface area (Å²) in [7, 11) is 5.82. The van der Waals surface area contributed by atoms with Gasteiger partial charge in [-0.3, -0.25) is 24.8 Å². The minimum absolute atomic E-state index is 0.0689. The maximum atomic E-state index is 12.7. The summed E-state index contributed by atoms with van der Waals surface area (Å²) in [6, 6.07) is 12.3. The fourth-order valence-corrected chi connectivity index (χ4v) is 6.76. The summed E-state index contributed by atoms with van der Waals surface area (Å²) in [5, 5.41) is 25.4. The van der Waals surface area contributed by atoms with Crippen molar-refractivity contribution in [1.29, 1.82) is 0 Å². The van der Waals surface area contributed by atoms with Crippen molar-refractivity contribution >= 4 is 11.9 Å². The van der Waals surface area contributed by atoms with Crippen LogP contribution in [0.25, 0.3) is 0 Å². The molecule has 1 spiro atoms. The summed E-state index contributed by atoms with van der Waals surface area (Å²) >= 11 is 0. The molecule has 1 unspecified atom stereocenters. The van der Waals surface area contributed by atoms with Crippen molar-refractivity contribution in [3.63, 3.8) is 0 Å². The molecule has 10 nitrogen and oxygen atoms in total. The molecule has 3 fully saturated rings. The van der Waals surface area contributed by atoms with Gasteiger partial charge in [0.15, 0.2) is 6.35 Å². The molecule has 10 heteroatoms. The summed E-state index contributed by atoms with van der Waals surface area (Å²) < 4.78 is 5.11. The van der Waals surface area contributed by atoms with E-state index in [2.05, 4.69) is 69.5 Å². The molecule has 1 atom stereocenters. The van der Waals surface area contributed by atoms with Crippen molar-refractivity contribution in [2.45, 2.75) is 74.4 Å². The Bertz CT molecular complexity index is 1130. The summed E-state index contributed by atoms with van der Waals surface area (Å²) in [6.45, 7) is 1.51. The highest BCUT2D eigenvalue weighted by molar-refractivity contribution is 5.89. The van der Waals surface area contributed by atoms with E-state index in [1.807, 2.05) is 4.90 Å². The highest BCUT2D eigenvalue weighted by atomic mass is 16.5. The maximum Gasteiger partial charge on any atom is 0.232 e. The van der Waals surface area contributed by atoms with Crippen molar-refractivity contribution in [2.75, 3.05) is 46.2 Å². The van der Waals surface area contributed by atoms with Crippen LogP contribution in [0, 0.1) is 0 Å². The van der Waals surface area contributed by atoms with E-state index < -0.39 is 12.0 Å². The number of ether oxygens (including phenoxy) is 1. The normalized spacial score (nSPS) is 28.9. The zero-order chi connectivity index (χ0) is 27.7. The minimum atomic E-state index is -0.848. The van der Waals surface area contributed by atoms with Crippen LogP contribution in [0.5, 0.6) is 5.88 Å². The number of nitrogens with zero attached hydrogens (tertiary/aromatic N) is 5. The van der Waals surface area contributed by atoms with Crippen molar-refractivity contribution in [2.24, 2.45) is 0 Å². The van der Waals surface area contributed by atoms with Crippen LogP contribution >= 0.6 is 0 Å². The second-order valence-electron chi connectivity index (χ2n) is 11.8. The number of aromatic nitrogens is 2. The van der Waals surface area contributed by atoms with Gasteiger partial charge in [-0.2, -0.15) is 4.98 Å². The van der Waals surface area contributed by atoms with Gasteiger partial charge in [0.25, 0.3) is 0 Å². The van der Waals surface area contributed by atoms with E-state index in [0.29, 0.717) is 25.5 Å². The van der Waals surface area contributed by atoms with Crippen LogP contribution in [0.3, 0.4) is 0 Å². The molecular weight excluding hydrogens is 496 g/mol. The van der Waals surface area contributed by atoms with Crippen LogP contribution in [0.4, 0.5) is 5.95 Å². The average Bonchev–Trinajstić information content (AvgIpc) is 3.17. The molecular formula is C29H42N6O4. The number of anilines is 1. The second-order valence-corrected chi connectivity index (χ2v) is 11.8. The van der Waals surface area contributed by atoms with Crippen molar-refractivity contribution in [1.82, 2.24) is 24.7 Å². The zero-order valence-corrected chi connectivity index (χ0v) is 23.3. The number of benzene rings is 1. The van der Waals surface area contributed by atoms with Crippen molar-refractivity contribution < 1.29 is 19.7 Å². The number of aliphatic hydroxyl groups excluding tert-OH is 1. The van der Waals surface area contributed by atoms with Gasteiger partial charge in [-0.1, -0.05) is 30.3 Å². The van der Waals surface area contributed by atoms with Gasteiger partial charge >= 0.3 is 0 Å². The van der Waals surface area contributed by atoms with Gasteiger partial charge in [0.1, 0.15) is 0 Å². The molecule has 1 aromatic heterocycles. The lowest BCUT2D eigenvalue weighted by Gasteiger charge is -2.53. The molecule has 3 N–H and O–H groups in total. The van der Waals surface area contributed by atoms with Crippen LogP contribution < -0.4 is 10.1 Å². The van der Waals surface area contributed by atoms with Crippen LogP contribution in [0.1, 0.15) is 56.9 Å². The Morgan fingerprint density at radius 3 is 2.46 bits per heavy atom. The van der Waals surface area contributed by atoms with E-state index in [4.69, 9.17) is 4.74 Å². The molecule has 2 aliphatic carbocycles. The van der Waals surface area contributed by atoms with E-state index in [9.17, 15) is 15.0 Å². The van der Waals surface area contributed by atoms with Crippen LogP contribution in [-0.2, 0) is 10.3 Å². The smallest absolute Gasteiger partial charge is 0.232 e. The van der Waals surface area contributed by atoms with Crippen molar-refractivity contribution in [3.8, 4) is 5.88 Å². The van der Waals surface area contributed by atoms with Gasteiger partial charge in [-0.05, 0) is 64.6 Å². The maximum absolute atomic E-state index is 12.7. The number of nitrogens with one attached hydrogen (secondary N) is 1. The number of carbonyl (C=O) groups excluding carboxylic acids is 1. The Morgan fingerprint density at radius 1 is 1.13 bits per heavy atom. The fourth-order valence-electron chi connectivity index (χ4n) is 6.76. The van der Waals surface area contributed by atoms with E-state index in [-0.39, 0.29) is 29.4 Å². The van der Waals surface area contributed by atoms with Crippen LogP contribution in [-0.4, -0.2) is 99.1 Å². The number of aliphatic hydroxyl groups is 2. The summed E-state index contributed by atoms with van der Waals surface area (Å²) in [6.07, 6.45) is 7.12. The molecule has 0 radical (unpaired) electrons. The van der Waals surface area contributed by atoms with Gasteiger partial charge < -0.3 is 14.9 Å². The van der Waals surface area contributed by atoms with E-state index in [1.54, 1.807) is 6.07 Å². The van der Waals surface area contributed by atoms with Crippen molar-refractivity contribution in [3.05, 3.63) is 48.2 Å². The monoisotopic (exact) mass is 538 g/mol. The van der Waals surface area contributed by atoms with E-state index in [0.717, 1.165) is 44.9 Å². The predicted octanol–water partition coefficient (Wildman–Crippen LogP) is 2.39. The number of β-amino-alcohol motifs (C(OH)–C–C–N with tert-alkyl or cyclic N) is 1. The summed E-state index contributed by atoms with van der Waals surface area (Å²) in [5.74, 6) is 0.350. The first kappa shape index (κ1) is 27.9. The van der Waals surface area contributed by atoms with E-state index in [1.165, 1.54) is 18.9 Å². The Kier molecular flexibility index (Phi) is 7.94. The lowest BCUT2D eigenvalue weighted by molar-refractivity contribution is -0.144. The van der Waals surface area contributed by atoms with Gasteiger partial charge in [-0.15, -0.1) is 0 Å². The third-order valence-corrected chi connectivity index (χ3v) is 9.35. The Balaban J connectivity index is 1.30. The zero-order valence-electron chi connectivity index (χ0n) is 23.3. The molecule has 1 aromatic carbocycles. The largest absolute Gasteiger partial charge is 0.481 e. The predicted molar refractivity (Wildman–Crippen MR) is 148 cm³/mol. The molecule has 1 saturated heterocycles. The molecule has 5 rings (SSSR count). The highest BCUT2D eigenvalue weighted by Gasteiger charge is 2.56. The highest BCUT2D eigenvalue weighted by Crippen LogP contribution is 2.50. The molecule has 39 heavy (non-hydrogen) atoms. The molecule has 1 aliphatic heterocycles. The molecule has 2 saturated carbocycles. The third kappa shape index (κ3) is 5.53. The molecule has 2 heterocycles. The summed E-state index contributed by atoms with van der Waals surface area (Å²) in [4.78, 5) is 27.4. The number of methoxy groups -OCH3 is 1. The fraction of sp³-hybridized carbons (Fsp3) is 0.621. The standard InChI is InChI=1S/C29H42N6O4/c1-33(2)29(22-8-5-4-6-9-22)16-14-27(15-17-29)20-34(26(37)35(27)21-28(38)12-7-13-28)19-11-23(36)31-25-30-18-10-24(32-25)39-3/h4-6,8-10,18,26,37-38H,7,11-17,19-21H2,1-3H3,(H,30,31,32,36). The first-order valence-electron chi connectivity index (χ1n) is 14.0. The Hall–Kier alpha value is -2.63. The SMILES string of the molecule is COc1ccnc(NC(=O)CCN2CC3(CCC(c4ccccc4)(N(C)C)CC3)N(CC3(O)CCC3)C2O)n1. The quantitative estimate of drug-likeness (QED) is 0.443. The Morgan fingerprint density at radius 2 is 1.85 bits per heavy atom.